The van der Waals surface area contributed by atoms with Crippen molar-refractivity contribution >= 4 is 11.8 Å². The van der Waals surface area contributed by atoms with Crippen LogP contribution in [0.5, 0.6) is 0 Å². The number of ether oxygens (including phenoxy) is 2. The number of fused-ring (bicyclic) bond motifs is 5. The monoisotopic (exact) mass is 740 g/mol. The molecule has 0 radical (unpaired) electrons. The van der Waals surface area contributed by atoms with Gasteiger partial charge in [-0.2, -0.15) is 0 Å². The topological polar surface area (TPSA) is 137 Å². The van der Waals surface area contributed by atoms with E-state index in [4.69, 9.17) is 15.2 Å². The number of imidazole rings is 1. The average Bonchev–Trinajstić information content (AvgIpc) is 3.57. The smallest absolute Gasteiger partial charge is 0.374 e. The number of nitrogens with two attached hydrogens (primary N) is 1. The van der Waals surface area contributed by atoms with Crippen LogP contribution in [0.1, 0.15) is 145 Å². The first kappa shape index (κ1) is 42.1. The van der Waals surface area contributed by atoms with E-state index in [1.165, 1.54) is 5.57 Å². The van der Waals surface area contributed by atoms with Crippen LogP contribution in [0.2, 0.25) is 0 Å². The van der Waals surface area contributed by atoms with Crippen LogP contribution in [-0.2, 0) is 14.3 Å². The summed E-state index contributed by atoms with van der Waals surface area (Å²) in [6.07, 6.45) is 9.93. The van der Waals surface area contributed by atoms with E-state index in [2.05, 4.69) is 80.3 Å². The number of esters is 1. The third-order valence-electron chi connectivity index (χ3n) is 16.7. The van der Waals surface area contributed by atoms with Crippen molar-refractivity contribution in [2.24, 2.45) is 68.3 Å². The molecular weight excluding hydrogens is 666 g/mol. The van der Waals surface area contributed by atoms with Crippen molar-refractivity contribution in [3.63, 3.8) is 0 Å². The van der Waals surface area contributed by atoms with E-state index in [1.54, 1.807) is 13.1 Å². The summed E-state index contributed by atoms with van der Waals surface area (Å²) in [5, 5.41) is 22.9. The summed E-state index contributed by atoms with van der Waals surface area (Å²) in [4.78, 5) is 32.0. The van der Waals surface area contributed by atoms with E-state index in [1.807, 2.05) is 24.6 Å². The molecule has 0 saturated heterocycles. The third kappa shape index (κ3) is 6.30. The number of hydrogen-bond acceptors (Lipinski definition) is 8. The van der Waals surface area contributed by atoms with Gasteiger partial charge in [-0.05, 0) is 111 Å². The van der Waals surface area contributed by atoms with Crippen molar-refractivity contribution in [3.05, 3.63) is 29.9 Å². The number of aliphatic hydroxyl groups excluding tert-OH is 2. The fourth-order valence-electron chi connectivity index (χ4n) is 12.7. The molecule has 3 fully saturated rings. The Morgan fingerprint density at radius 2 is 1.72 bits per heavy atom. The number of carbonyl (C=O) groups excluding carboxylic acids is 2. The molecule has 9 nitrogen and oxygen atoms in total. The summed E-state index contributed by atoms with van der Waals surface area (Å²) in [7, 11) is 0. The summed E-state index contributed by atoms with van der Waals surface area (Å²) in [6, 6.07) is -0.341. The SMILES string of the molecule is CCOC(=O)c1nccn1[C@@H]1C[C@]2([C@H](C)O)C3=CC[C@@]4(C)[C@H](C(=O)CO)[C@@](C)([C@H](C)C(C)C)CC[C@]4(C)[C@H]3CC[C@H]2C(C)(C)[C@H]1OC[C@](C)(N)C(C)C. The van der Waals surface area contributed by atoms with E-state index in [-0.39, 0.29) is 70.3 Å². The Morgan fingerprint density at radius 3 is 2.28 bits per heavy atom. The van der Waals surface area contributed by atoms with Gasteiger partial charge in [0.05, 0.1) is 31.5 Å². The zero-order chi connectivity index (χ0) is 39.7. The Kier molecular flexibility index (Phi) is 11.5. The van der Waals surface area contributed by atoms with Gasteiger partial charge in [-0.3, -0.25) is 4.79 Å². The highest BCUT2D eigenvalue weighted by molar-refractivity contribution is 5.85. The second kappa shape index (κ2) is 14.5. The molecule has 1 aromatic heterocycles. The van der Waals surface area contributed by atoms with Gasteiger partial charge in [0.25, 0.3) is 0 Å². The lowest BCUT2D eigenvalue weighted by Crippen LogP contribution is -2.67. The number of hydrogen-bond donors (Lipinski definition) is 3. The van der Waals surface area contributed by atoms with Crippen LogP contribution in [-0.4, -0.2) is 69.1 Å². The number of allylic oxidation sites excluding steroid dienone is 1. The molecule has 0 aromatic carbocycles. The lowest BCUT2D eigenvalue weighted by Gasteiger charge is -2.71. The first-order valence-corrected chi connectivity index (χ1v) is 20.6. The molecule has 3 saturated carbocycles. The van der Waals surface area contributed by atoms with Crippen molar-refractivity contribution in [1.29, 1.82) is 0 Å². The summed E-state index contributed by atoms with van der Waals surface area (Å²) < 4.78 is 14.5. The second-order valence-corrected chi connectivity index (χ2v) is 20.1. The van der Waals surface area contributed by atoms with Crippen LogP contribution in [0.4, 0.5) is 0 Å². The first-order chi connectivity index (χ1) is 24.5. The zero-order valence-corrected chi connectivity index (χ0v) is 35.3. The van der Waals surface area contributed by atoms with Crippen LogP contribution < -0.4 is 5.73 Å². The molecule has 53 heavy (non-hydrogen) atoms. The largest absolute Gasteiger partial charge is 0.460 e. The van der Waals surface area contributed by atoms with Crippen molar-refractivity contribution < 1.29 is 29.3 Å². The average molecular weight is 740 g/mol. The van der Waals surface area contributed by atoms with Crippen molar-refractivity contribution in [2.45, 2.75) is 152 Å². The Morgan fingerprint density at radius 1 is 1.06 bits per heavy atom. The van der Waals surface area contributed by atoms with E-state index in [0.29, 0.717) is 31.3 Å². The number of nitrogens with zero attached hydrogens (tertiary/aromatic N) is 2. The van der Waals surface area contributed by atoms with E-state index in [0.717, 1.165) is 25.7 Å². The minimum Gasteiger partial charge on any atom is -0.460 e. The summed E-state index contributed by atoms with van der Waals surface area (Å²) in [5.74, 6) is 0.561. The molecule has 1 aromatic rings. The molecule has 12 atom stereocenters. The summed E-state index contributed by atoms with van der Waals surface area (Å²) >= 11 is 0. The van der Waals surface area contributed by atoms with Gasteiger partial charge in [0, 0.05) is 29.3 Å². The minimum absolute atomic E-state index is 0.0389. The highest BCUT2D eigenvalue weighted by atomic mass is 16.5. The second-order valence-electron chi connectivity index (χ2n) is 20.1. The maximum Gasteiger partial charge on any atom is 0.374 e. The van der Waals surface area contributed by atoms with Crippen molar-refractivity contribution in [1.82, 2.24) is 9.55 Å². The van der Waals surface area contributed by atoms with Crippen LogP contribution in [0.3, 0.4) is 0 Å². The molecule has 9 heteroatoms. The molecule has 1 heterocycles. The Balaban J connectivity index is 1.69. The van der Waals surface area contributed by atoms with Gasteiger partial charge in [-0.1, -0.05) is 80.9 Å². The van der Waals surface area contributed by atoms with E-state index >= 15 is 0 Å². The molecule has 4 aliphatic carbocycles. The maximum atomic E-state index is 14.1. The molecule has 0 amide bonds. The molecule has 0 spiro atoms. The van der Waals surface area contributed by atoms with Crippen molar-refractivity contribution in [2.75, 3.05) is 19.8 Å². The molecule has 4 aliphatic rings. The van der Waals surface area contributed by atoms with Gasteiger partial charge >= 0.3 is 5.97 Å². The van der Waals surface area contributed by atoms with Crippen LogP contribution >= 0.6 is 0 Å². The van der Waals surface area contributed by atoms with Gasteiger partial charge < -0.3 is 30.0 Å². The maximum absolute atomic E-state index is 14.1. The highest BCUT2D eigenvalue weighted by Gasteiger charge is 2.71. The molecular formula is C44H73N3O6. The van der Waals surface area contributed by atoms with E-state index < -0.39 is 35.0 Å². The lowest BCUT2D eigenvalue weighted by atomic mass is 9.33. The Hall–Kier alpha value is -2.07. The minimum atomic E-state index is -0.688. The molecule has 300 valence electrons. The number of carbonyl (C=O) groups is 2. The van der Waals surface area contributed by atoms with Gasteiger partial charge in [0.2, 0.25) is 5.82 Å². The number of aromatic nitrogens is 2. The molecule has 0 bridgehead atoms. The van der Waals surface area contributed by atoms with Crippen LogP contribution in [0.25, 0.3) is 0 Å². The van der Waals surface area contributed by atoms with Gasteiger partial charge in [-0.15, -0.1) is 0 Å². The van der Waals surface area contributed by atoms with E-state index in [9.17, 15) is 19.8 Å². The van der Waals surface area contributed by atoms with Gasteiger partial charge in [0.15, 0.2) is 5.78 Å². The normalized spacial score (nSPS) is 38.9. The molecule has 4 N–H and O–H groups in total. The summed E-state index contributed by atoms with van der Waals surface area (Å²) in [6.45, 7) is 28.6. The third-order valence-corrected chi connectivity index (χ3v) is 16.7. The molecule has 0 aliphatic heterocycles. The molecule has 5 rings (SSSR count). The summed E-state index contributed by atoms with van der Waals surface area (Å²) in [5.41, 5.74) is 5.66. The lowest BCUT2D eigenvalue weighted by molar-refractivity contribution is -0.211. The number of aliphatic hydroxyl groups is 2. The van der Waals surface area contributed by atoms with Crippen LogP contribution in [0, 0.1) is 62.6 Å². The predicted octanol–water partition coefficient (Wildman–Crippen LogP) is 7.80. The first-order valence-electron chi connectivity index (χ1n) is 20.6. The number of rotatable bonds is 12. The predicted molar refractivity (Wildman–Crippen MR) is 209 cm³/mol. The van der Waals surface area contributed by atoms with Gasteiger partial charge in [-0.25, -0.2) is 9.78 Å². The van der Waals surface area contributed by atoms with Gasteiger partial charge in [0.1, 0.15) is 6.61 Å². The highest BCUT2D eigenvalue weighted by Crippen LogP contribution is 2.75. The quantitative estimate of drug-likeness (QED) is 0.146. The zero-order valence-electron chi connectivity index (χ0n) is 35.3. The van der Waals surface area contributed by atoms with Crippen molar-refractivity contribution in [3.8, 4) is 0 Å². The fourth-order valence-corrected chi connectivity index (χ4v) is 12.7. The fraction of sp³-hybridized carbons (Fsp3) is 0.841. The Labute approximate surface area is 320 Å². The van der Waals surface area contributed by atoms with Crippen LogP contribution in [0.15, 0.2) is 24.0 Å². The number of ketones is 1. The standard InChI is InChI=1S/C44H73N3O6/c1-14-52-38(51)37-46-21-22-47(37)32-23-44(29(7)49)31-17-18-42(12)35(33(50)24-48)40(10,28(6)26(2)3)19-20-41(42,11)30(31)15-16-34(44)39(8,9)36(32)53-25-43(13,45)27(4)5/h17,21-22,26-30,32,34-36,48-49H,14-16,18-20,23-25,45H2,1-13H3/t28-,29+,30+,32-,34+,35-,36+,40-,41-,42+,43+,44+/m1/s1. The number of Topliss-reactive ketones (excluding diaryl/α,β-unsaturated/α-hetero) is 1. The Bertz CT molecular complexity index is 1540. The molecule has 0 unspecified atom stereocenters.